The number of aliphatic hydroxyl groups excluding tert-OH is 1. The van der Waals surface area contributed by atoms with Crippen LogP contribution in [-0.4, -0.2) is 53.8 Å². The molecular weight excluding hydrogens is 467 g/mol. The van der Waals surface area contributed by atoms with Gasteiger partial charge in [0.25, 0.3) is 0 Å². The van der Waals surface area contributed by atoms with E-state index in [-0.39, 0.29) is 10.6 Å². The van der Waals surface area contributed by atoms with Gasteiger partial charge in [0, 0.05) is 4.90 Å². The van der Waals surface area contributed by atoms with Crippen LogP contribution in [0.15, 0.2) is 29.2 Å². The Bertz CT molecular complexity index is 910. The third-order valence-corrected chi connectivity index (χ3v) is 8.61. The number of halogens is 1. The number of carbonyl (C=O) groups is 1. The summed E-state index contributed by atoms with van der Waals surface area (Å²) >= 11 is 0. The third-order valence-electron chi connectivity index (χ3n) is 6.47. The molecule has 0 bridgehead atoms. The van der Waals surface area contributed by atoms with E-state index in [1.165, 1.54) is 18.6 Å². The highest BCUT2D eigenvalue weighted by Gasteiger charge is 2.32. The van der Waals surface area contributed by atoms with Gasteiger partial charge < -0.3 is 10.4 Å². The Morgan fingerprint density at radius 2 is 1.88 bits per heavy atom. The second-order valence-electron chi connectivity index (χ2n) is 9.39. The summed E-state index contributed by atoms with van der Waals surface area (Å²) in [6.07, 6.45) is 4.54. The van der Waals surface area contributed by atoms with Crippen molar-refractivity contribution in [3.05, 3.63) is 30.1 Å². The summed E-state index contributed by atoms with van der Waals surface area (Å²) < 4.78 is 51.8. The Balaban J connectivity index is 2.08. The molecule has 0 radical (unpaired) electrons. The van der Waals surface area contributed by atoms with Crippen molar-refractivity contribution in [3.8, 4) is 0 Å². The summed E-state index contributed by atoms with van der Waals surface area (Å²) in [6.45, 7) is 6.25. The molecule has 1 fully saturated rings. The molecule has 1 aromatic rings. The normalized spacial score (nSPS) is 25.1. The third kappa shape index (κ3) is 9.07. The van der Waals surface area contributed by atoms with E-state index in [0.29, 0.717) is 30.6 Å². The SMILES string of the molecule is CCC(NC(=O)C(CS(=O)c1ccc(F)cc1)NS(C)(=O)=O)C(O)CC1CC(C)CCC1C. The molecule has 1 saturated carbocycles. The molecule has 1 aliphatic carbocycles. The minimum Gasteiger partial charge on any atom is -0.391 e. The molecule has 188 valence electrons. The van der Waals surface area contributed by atoms with Crippen molar-refractivity contribution >= 4 is 26.7 Å². The number of amides is 1. The van der Waals surface area contributed by atoms with Crippen molar-refractivity contribution in [2.75, 3.05) is 12.0 Å². The summed E-state index contributed by atoms with van der Waals surface area (Å²) in [7, 11) is -5.51. The van der Waals surface area contributed by atoms with Gasteiger partial charge in [-0.1, -0.05) is 33.6 Å². The molecule has 1 aromatic carbocycles. The molecule has 10 heteroatoms. The monoisotopic (exact) mass is 504 g/mol. The van der Waals surface area contributed by atoms with Crippen molar-refractivity contribution in [2.24, 2.45) is 17.8 Å². The van der Waals surface area contributed by atoms with Crippen LogP contribution < -0.4 is 10.0 Å². The molecule has 0 spiro atoms. The first kappa shape index (κ1) is 27.9. The largest absolute Gasteiger partial charge is 0.391 e. The molecule has 7 unspecified atom stereocenters. The van der Waals surface area contributed by atoms with Crippen LogP contribution in [0.25, 0.3) is 0 Å². The minimum atomic E-state index is -3.77. The highest BCUT2D eigenvalue weighted by molar-refractivity contribution is 7.89. The number of sulfonamides is 1. The summed E-state index contributed by atoms with van der Waals surface area (Å²) in [4.78, 5) is 13.3. The fraction of sp³-hybridized carbons (Fsp3) is 0.696. The van der Waals surface area contributed by atoms with Gasteiger partial charge in [-0.15, -0.1) is 0 Å². The Kier molecular flexibility index (Phi) is 10.5. The van der Waals surface area contributed by atoms with Gasteiger partial charge in [-0.2, -0.15) is 0 Å². The first-order valence-electron chi connectivity index (χ1n) is 11.5. The molecular formula is C23H37FN2O5S2. The van der Waals surface area contributed by atoms with E-state index in [1.807, 2.05) is 6.92 Å². The number of hydrogen-bond donors (Lipinski definition) is 3. The van der Waals surface area contributed by atoms with Gasteiger partial charge in [-0.05, 0) is 61.3 Å². The van der Waals surface area contributed by atoms with E-state index in [4.69, 9.17) is 0 Å². The lowest BCUT2D eigenvalue weighted by atomic mass is 9.73. The standard InChI is InChI=1S/C23H37FN2O5S2/c1-5-20(22(27)13-17-12-15(2)6-7-16(17)3)25-23(28)21(26-33(4,30)31)14-32(29)19-10-8-18(24)9-11-19/h8-11,15-17,20-22,26-27H,5-7,12-14H2,1-4H3,(H,25,28). The molecule has 3 N–H and O–H groups in total. The van der Waals surface area contributed by atoms with Crippen LogP contribution in [0.3, 0.4) is 0 Å². The van der Waals surface area contributed by atoms with Crippen LogP contribution in [0, 0.1) is 23.6 Å². The Morgan fingerprint density at radius 1 is 1.24 bits per heavy atom. The predicted molar refractivity (Wildman–Crippen MR) is 128 cm³/mol. The fourth-order valence-corrected chi connectivity index (χ4v) is 6.44. The van der Waals surface area contributed by atoms with Crippen molar-refractivity contribution in [1.29, 1.82) is 0 Å². The van der Waals surface area contributed by atoms with Crippen molar-refractivity contribution in [3.63, 3.8) is 0 Å². The number of carbonyl (C=O) groups excluding carboxylic acids is 1. The Morgan fingerprint density at radius 3 is 2.45 bits per heavy atom. The lowest BCUT2D eigenvalue weighted by Gasteiger charge is -2.36. The second-order valence-corrected chi connectivity index (χ2v) is 12.7. The Labute approximate surface area is 199 Å². The number of aliphatic hydroxyl groups is 1. The van der Waals surface area contributed by atoms with E-state index in [2.05, 4.69) is 23.9 Å². The zero-order valence-corrected chi connectivity index (χ0v) is 21.4. The maximum Gasteiger partial charge on any atom is 0.239 e. The van der Waals surface area contributed by atoms with Crippen LogP contribution in [0.5, 0.6) is 0 Å². The van der Waals surface area contributed by atoms with Crippen LogP contribution in [-0.2, 0) is 25.6 Å². The highest BCUT2D eigenvalue weighted by atomic mass is 32.2. The fourth-order valence-electron chi connectivity index (χ4n) is 4.46. The van der Waals surface area contributed by atoms with Gasteiger partial charge in [0.1, 0.15) is 11.9 Å². The molecule has 33 heavy (non-hydrogen) atoms. The maximum absolute atomic E-state index is 13.2. The zero-order valence-electron chi connectivity index (χ0n) is 19.8. The summed E-state index contributed by atoms with van der Waals surface area (Å²) in [5, 5.41) is 13.6. The topological polar surface area (TPSA) is 113 Å². The van der Waals surface area contributed by atoms with E-state index in [9.17, 15) is 26.9 Å². The minimum absolute atomic E-state index is 0.289. The molecule has 1 aliphatic rings. The quantitative estimate of drug-likeness (QED) is 0.429. The zero-order chi connectivity index (χ0) is 24.8. The molecule has 0 heterocycles. The first-order chi connectivity index (χ1) is 15.4. The van der Waals surface area contributed by atoms with E-state index in [1.54, 1.807) is 0 Å². The van der Waals surface area contributed by atoms with Crippen LogP contribution >= 0.6 is 0 Å². The van der Waals surface area contributed by atoms with Gasteiger partial charge in [0.05, 0.1) is 35.0 Å². The Hall–Kier alpha value is -1.36. The number of benzene rings is 1. The van der Waals surface area contributed by atoms with Crippen LogP contribution in [0.2, 0.25) is 0 Å². The van der Waals surface area contributed by atoms with Crippen molar-refractivity contribution in [2.45, 2.75) is 76.0 Å². The van der Waals surface area contributed by atoms with Gasteiger partial charge in [-0.25, -0.2) is 17.5 Å². The van der Waals surface area contributed by atoms with E-state index in [0.717, 1.165) is 31.2 Å². The van der Waals surface area contributed by atoms with Crippen LogP contribution in [0.4, 0.5) is 4.39 Å². The second kappa shape index (κ2) is 12.4. The van der Waals surface area contributed by atoms with E-state index >= 15 is 0 Å². The smallest absolute Gasteiger partial charge is 0.239 e. The highest BCUT2D eigenvalue weighted by Crippen LogP contribution is 2.36. The lowest BCUT2D eigenvalue weighted by Crippen LogP contribution is -2.54. The average Bonchev–Trinajstić information content (AvgIpc) is 2.73. The molecule has 0 aromatic heterocycles. The number of hydrogen-bond acceptors (Lipinski definition) is 5. The average molecular weight is 505 g/mol. The molecule has 7 atom stereocenters. The molecule has 2 rings (SSSR count). The lowest BCUT2D eigenvalue weighted by molar-refractivity contribution is -0.124. The van der Waals surface area contributed by atoms with Crippen molar-refractivity contribution in [1.82, 2.24) is 10.0 Å². The summed E-state index contributed by atoms with van der Waals surface area (Å²) in [6, 6.07) is 3.15. The van der Waals surface area contributed by atoms with Crippen LogP contribution in [0.1, 0.15) is 52.9 Å². The maximum atomic E-state index is 13.2. The van der Waals surface area contributed by atoms with Gasteiger partial charge >= 0.3 is 0 Å². The molecule has 1 amide bonds. The molecule has 0 saturated heterocycles. The van der Waals surface area contributed by atoms with Gasteiger partial charge in [-0.3, -0.25) is 9.00 Å². The van der Waals surface area contributed by atoms with Crippen molar-refractivity contribution < 1.29 is 26.9 Å². The number of nitrogens with one attached hydrogen (secondary N) is 2. The van der Waals surface area contributed by atoms with Gasteiger partial charge in [0.2, 0.25) is 15.9 Å². The summed E-state index contributed by atoms with van der Waals surface area (Å²) in [5.74, 6) is 0.0340. The molecule has 0 aliphatic heterocycles. The predicted octanol–water partition coefficient (Wildman–Crippen LogP) is 2.57. The van der Waals surface area contributed by atoms with Gasteiger partial charge in [0.15, 0.2) is 0 Å². The number of rotatable bonds is 11. The summed E-state index contributed by atoms with van der Waals surface area (Å²) in [5.41, 5.74) is 0. The molecule has 7 nitrogen and oxygen atoms in total. The first-order valence-corrected chi connectivity index (χ1v) is 14.7. The van der Waals surface area contributed by atoms with E-state index < -0.39 is 50.7 Å².